The fourth-order valence-electron chi connectivity index (χ4n) is 2.83. The van der Waals surface area contributed by atoms with Crippen molar-refractivity contribution in [3.05, 3.63) is 15.6 Å². The lowest BCUT2D eigenvalue weighted by atomic mass is 10.0. The normalized spacial score (nSPS) is 17.7. The number of likely N-dealkylation sites (tertiary alicyclic amines) is 1. The van der Waals surface area contributed by atoms with Crippen LogP contribution in [0.25, 0.3) is 0 Å². The van der Waals surface area contributed by atoms with Crippen LogP contribution in [-0.2, 0) is 6.54 Å². The van der Waals surface area contributed by atoms with E-state index < -0.39 is 0 Å². The predicted molar refractivity (Wildman–Crippen MR) is 99.3 cm³/mol. The van der Waals surface area contributed by atoms with Crippen molar-refractivity contribution in [3.63, 3.8) is 0 Å². The van der Waals surface area contributed by atoms with Gasteiger partial charge >= 0.3 is 0 Å². The minimum atomic E-state index is 0.516. The number of nitrogens with zero attached hydrogens (tertiary/aromatic N) is 3. The molecule has 2 rings (SSSR count). The smallest absolute Gasteiger partial charge is 0.191 e. The molecular weight excluding hydrogens is 306 g/mol. The van der Waals surface area contributed by atoms with E-state index in [2.05, 4.69) is 55.1 Å². The van der Waals surface area contributed by atoms with Gasteiger partial charge in [0.15, 0.2) is 5.96 Å². The third-order valence-corrected chi connectivity index (χ3v) is 5.45. The summed E-state index contributed by atoms with van der Waals surface area (Å²) in [6, 6.07) is 1.16. The Morgan fingerprint density at radius 2 is 2.04 bits per heavy atom. The van der Waals surface area contributed by atoms with Crippen LogP contribution in [0.2, 0.25) is 0 Å². The van der Waals surface area contributed by atoms with Gasteiger partial charge in [-0.05, 0) is 47.5 Å². The van der Waals surface area contributed by atoms with Gasteiger partial charge in [0.2, 0.25) is 0 Å². The van der Waals surface area contributed by atoms with E-state index in [1.165, 1.54) is 30.8 Å². The Bertz CT molecular complexity index is 496. The molecular formula is C17H31N5S. The van der Waals surface area contributed by atoms with Crippen LogP contribution >= 0.6 is 11.3 Å². The fraction of sp³-hybridized carbons (Fsp3) is 0.765. The third kappa shape index (κ3) is 5.46. The van der Waals surface area contributed by atoms with Gasteiger partial charge < -0.3 is 15.5 Å². The van der Waals surface area contributed by atoms with Crippen molar-refractivity contribution < 1.29 is 0 Å². The Morgan fingerprint density at radius 3 is 2.57 bits per heavy atom. The molecule has 1 fully saturated rings. The van der Waals surface area contributed by atoms with Crippen LogP contribution in [0.1, 0.15) is 49.2 Å². The average molecular weight is 338 g/mol. The summed E-state index contributed by atoms with van der Waals surface area (Å²) in [4.78, 5) is 13.1. The van der Waals surface area contributed by atoms with Crippen LogP contribution in [0.4, 0.5) is 0 Å². The topological polar surface area (TPSA) is 52.6 Å². The van der Waals surface area contributed by atoms with Crippen molar-refractivity contribution in [2.24, 2.45) is 4.99 Å². The maximum atomic E-state index is 4.72. The number of thiazole rings is 1. The Balaban J connectivity index is 1.89. The summed E-state index contributed by atoms with van der Waals surface area (Å²) in [7, 11) is 0. The number of hydrogen-bond acceptors (Lipinski definition) is 4. The van der Waals surface area contributed by atoms with Crippen molar-refractivity contribution in [1.82, 2.24) is 20.5 Å². The molecule has 1 saturated heterocycles. The largest absolute Gasteiger partial charge is 0.357 e. The summed E-state index contributed by atoms with van der Waals surface area (Å²) in [5, 5.41) is 8.04. The van der Waals surface area contributed by atoms with Crippen molar-refractivity contribution in [1.29, 1.82) is 0 Å². The molecule has 1 aliphatic heterocycles. The molecule has 0 aliphatic carbocycles. The fourth-order valence-corrected chi connectivity index (χ4v) is 3.69. The molecule has 2 N–H and O–H groups in total. The number of aliphatic imine (C=N–C) groups is 1. The molecule has 5 nitrogen and oxygen atoms in total. The van der Waals surface area contributed by atoms with Crippen LogP contribution in [0.5, 0.6) is 0 Å². The summed E-state index contributed by atoms with van der Waals surface area (Å²) in [6.07, 6.45) is 2.36. The van der Waals surface area contributed by atoms with Gasteiger partial charge in [-0.25, -0.2) is 9.98 Å². The van der Waals surface area contributed by atoms with Crippen LogP contribution in [-0.4, -0.2) is 47.6 Å². The van der Waals surface area contributed by atoms with Gasteiger partial charge in [0.1, 0.15) is 5.01 Å². The first kappa shape index (κ1) is 18.2. The first-order chi connectivity index (χ1) is 11.0. The number of guanidine groups is 1. The highest BCUT2D eigenvalue weighted by atomic mass is 32.1. The first-order valence-electron chi connectivity index (χ1n) is 8.71. The highest BCUT2D eigenvalue weighted by molar-refractivity contribution is 7.11. The molecule has 2 heterocycles. The van der Waals surface area contributed by atoms with Crippen molar-refractivity contribution in [3.8, 4) is 0 Å². The molecule has 0 unspecified atom stereocenters. The summed E-state index contributed by atoms with van der Waals surface area (Å²) >= 11 is 1.74. The van der Waals surface area contributed by atoms with E-state index in [9.17, 15) is 0 Å². The number of piperidine rings is 1. The maximum absolute atomic E-state index is 4.72. The number of nitrogens with one attached hydrogen (secondary N) is 2. The van der Waals surface area contributed by atoms with Crippen LogP contribution in [0, 0.1) is 13.8 Å². The minimum Gasteiger partial charge on any atom is -0.357 e. The van der Waals surface area contributed by atoms with E-state index in [-0.39, 0.29) is 0 Å². The summed E-state index contributed by atoms with van der Waals surface area (Å²) < 4.78 is 0. The average Bonchev–Trinajstić information content (AvgIpc) is 2.84. The molecule has 0 spiro atoms. The van der Waals surface area contributed by atoms with E-state index in [0.29, 0.717) is 18.6 Å². The molecule has 0 saturated carbocycles. The second-order valence-electron chi connectivity index (χ2n) is 6.49. The number of hydrogen-bond donors (Lipinski definition) is 2. The first-order valence-corrected chi connectivity index (χ1v) is 9.53. The lowest BCUT2D eigenvalue weighted by Gasteiger charge is -2.35. The summed E-state index contributed by atoms with van der Waals surface area (Å²) in [5.74, 6) is 0.918. The maximum Gasteiger partial charge on any atom is 0.191 e. The van der Waals surface area contributed by atoms with E-state index in [4.69, 9.17) is 4.99 Å². The third-order valence-electron chi connectivity index (χ3n) is 4.39. The van der Waals surface area contributed by atoms with Crippen LogP contribution in [0.3, 0.4) is 0 Å². The monoisotopic (exact) mass is 337 g/mol. The van der Waals surface area contributed by atoms with Gasteiger partial charge in [-0.2, -0.15) is 0 Å². The second kappa shape index (κ2) is 8.64. The summed E-state index contributed by atoms with van der Waals surface area (Å²) in [5.41, 5.74) is 1.12. The number of rotatable bonds is 5. The van der Waals surface area contributed by atoms with Gasteiger partial charge in [0, 0.05) is 36.6 Å². The van der Waals surface area contributed by atoms with Gasteiger partial charge in [-0.1, -0.05) is 0 Å². The molecule has 6 heteroatoms. The van der Waals surface area contributed by atoms with E-state index in [0.717, 1.165) is 23.2 Å². The molecule has 23 heavy (non-hydrogen) atoms. The Labute approximate surface area is 144 Å². The minimum absolute atomic E-state index is 0.516. The SMILES string of the molecule is CCNC(=NCc1nc(C)c(C)s1)NC1CCN(C(C)C)CC1. The molecule has 1 aromatic heterocycles. The lowest BCUT2D eigenvalue weighted by molar-refractivity contribution is 0.167. The Kier molecular flexibility index (Phi) is 6.84. The van der Waals surface area contributed by atoms with Crippen molar-refractivity contribution >= 4 is 17.3 Å². The lowest BCUT2D eigenvalue weighted by Crippen LogP contribution is -2.49. The molecule has 1 aromatic rings. The zero-order chi connectivity index (χ0) is 16.8. The molecule has 130 valence electrons. The Hall–Kier alpha value is -1.14. The van der Waals surface area contributed by atoms with E-state index in [1.54, 1.807) is 11.3 Å². The number of aryl methyl sites for hydroxylation is 2. The van der Waals surface area contributed by atoms with Crippen LogP contribution in [0.15, 0.2) is 4.99 Å². The molecule has 0 bridgehead atoms. The zero-order valence-corrected chi connectivity index (χ0v) is 16.0. The Morgan fingerprint density at radius 1 is 1.35 bits per heavy atom. The second-order valence-corrected chi connectivity index (χ2v) is 7.78. The van der Waals surface area contributed by atoms with E-state index in [1.807, 2.05) is 0 Å². The van der Waals surface area contributed by atoms with Gasteiger partial charge in [0.25, 0.3) is 0 Å². The quantitative estimate of drug-likeness (QED) is 0.641. The van der Waals surface area contributed by atoms with Gasteiger partial charge in [-0.15, -0.1) is 11.3 Å². The molecule has 0 amide bonds. The van der Waals surface area contributed by atoms with Crippen molar-refractivity contribution in [2.45, 2.75) is 66.1 Å². The summed E-state index contributed by atoms with van der Waals surface area (Å²) in [6.45, 7) is 14.7. The molecule has 0 radical (unpaired) electrons. The molecule has 0 atom stereocenters. The van der Waals surface area contributed by atoms with Crippen molar-refractivity contribution in [2.75, 3.05) is 19.6 Å². The zero-order valence-electron chi connectivity index (χ0n) is 15.1. The molecule has 0 aromatic carbocycles. The number of aromatic nitrogens is 1. The highest BCUT2D eigenvalue weighted by Crippen LogP contribution is 2.17. The van der Waals surface area contributed by atoms with Gasteiger partial charge in [0.05, 0.1) is 12.2 Å². The van der Waals surface area contributed by atoms with Crippen LogP contribution < -0.4 is 10.6 Å². The van der Waals surface area contributed by atoms with E-state index >= 15 is 0 Å². The predicted octanol–water partition coefficient (Wildman–Crippen LogP) is 2.69. The molecule has 1 aliphatic rings. The highest BCUT2D eigenvalue weighted by Gasteiger charge is 2.21. The van der Waals surface area contributed by atoms with Gasteiger partial charge in [-0.3, -0.25) is 0 Å². The standard InChI is InChI=1S/C17H31N5S/c1-6-18-17(19-11-16-20-13(4)14(5)23-16)21-15-7-9-22(10-8-15)12(2)3/h12,15H,6-11H2,1-5H3,(H2,18,19,21).